The van der Waals surface area contributed by atoms with Crippen LogP contribution in [0.25, 0.3) is 0 Å². The Morgan fingerprint density at radius 2 is 1.71 bits per heavy atom. The van der Waals surface area contributed by atoms with E-state index in [4.69, 9.17) is 11.6 Å². The second kappa shape index (κ2) is 6.77. The molecule has 0 amide bonds. The lowest BCUT2D eigenvalue weighted by molar-refractivity contribution is -0.113. The fourth-order valence-electron chi connectivity index (χ4n) is 2.46. The van der Waals surface area contributed by atoms with E-state index in [0.29, 0.717) is 6.42 Å². The van der Waals surface area contributed by atoms with E-state index in [1.165, 1.54) is 0 Å². The van der Waals surface area contributed by atoms with Gasteiger partial charge in [-0.15, -0.1) is 0 Å². The molecule has 2 nitrogen and oxygen atoms in total. The van der Waals surface area contributed by atoms with E-state index in [1.807, 2.05) is 45.3 Å². The summed E-state index contributed by atoms with van der Waals surface area (Å²) in [6.07, 6.45) is 0.626. The summed E-state index contributed by atoms with van der Waals surface area (Å²) in [4.78, 5) is 13.9. The number of carbonyl (C=O) groups excluding carboxylic acids is 1. The van der Waals surface area contributed by atoms with Crippen LogP contribution in [-0.4, -0.2) is 19.3 Å². The fourth-order valence-corrected chi connectivity index (χ4v) is 2.65. The summed E-state index contributed by atoms with van der Waals surface area (Å²) in [5, 5.41) is -0.305. The first-order valence-electron chi connectivity index (χ1n) is 7.00. The fraction of sp³-hybridized carbons (Fsp3) is 0.278. The van der Waals surface area contributed by atoms with Gasteiger partial charge in [0, 0.05) is 19.8 Å². The summed E-state index contributed by atoms with van der Waals surface area (Å²) in [5.41, 5.74) is 4.36. The highest BCUT2D eigenvalue weighted by atomic mass is 35.5. The van der Waals surface area contributed by atoms with Crippen LogP contribution in [0.4, 0.5) is 5.69 Å². The van der Waals surface area contributed by atoms with Gasteiger partial charge < -0.3 is 4.90 Å². The molecule has 2 aromatic rings. The molecule has 1 unspecified atom stereocenters. The van der Waals surface area contributed by atoms with Crippen molar-refractivity contribution >= 4 is 22.5 Å². The van der Waals surface area contributed by atoms with Crippen molar-refractivity contribution in [2.45, 2.75) is 19.3 Å². The van der Waals surface area contributed by atoms with Crippen LogP contribution in [0.5, 0.6) is 0 Å². The quantitative estimate of drug-likeness (QED) is 0.773. The molecular formula is C18H20ClNO. The van der Waals surface area contributed by atoms with Crippen LogP contribution in [0, 0.1) is 6.92 Å². The Morgan fingerprint density at radius 3 is 2.24 bits per heavy atom. The van der Waals surface area contributed by atoms with E-state index in [1.54, 1.807) is 0 Å². The van der Waals surface area contributed by atoms with E-state index in [-0.39, 0.29) is 11.2 Å². The Kier molecular flexibility index (Phi) is 5.03. The van der Waals surface area contributed by atoms with Crippen LogP contribution in [-0.2, 0) is 11.2 Å². The number of rotatable bonds is 5. The largest absolute Gasteiger partial charge is 0.378 e. The van der Waals surface area contributed by atoms with Crippen molar-refractivity contribution < 1.29 is 4.79 Å². The number of hydrogen-bond donors (Lipinski definition) is 0. The van der Waals surface area contributed by atoms with Crippen LogP contribution in [0.2, 0.25) is 0 Å². The van der Waals surface area contributed by atoms with Gasteiger partial charge in [-0.25, -0.2) is 0 Å². The predicted molar refractivity (Wildman–Crippen MR) is 89.3 cm³/mol. The lowest BCUT2D eigenvalue weighted by Gasteiger charge is -2.17. The maximum Gasteiger partial charge on any atom is 0.229 e. The van der Waals surface area contributed by atoms with E-state index in [9.17, 15) is 4.79 Å². The number of halogens is 1. The minimum atomic E-state index is -0.305. The predicted octanol–water partition coefficient (Wildman–Crippen LogP) is 4.15. The molecule has 0 heterocycles. The third kappa shape index (κ3) is 3.85. The van der Waals surface area contributed by atoms with Gasteiger partial charge in [-0.05, 0) is 53.8 Å². The van der Waals surface area contributed by atoms with Gasteiger partial charge in [-0.3, -0.25) is 4.79 Å². The van der Waals surface area contributed by atoms with Crippen molar-refractivity contribution in [2.24, 2.45) is 0 Å². The molecule has 0 aliphatic rings. The molecule has 3 heteroatoms. The number of carbonyl (C=O) groups is 1. The molecule has 110 valence electrons. The van der Waals surface area contributed by atoms with Crippen LogP contribution in [0.3, 0.4) is 0 Å². The summed E-state index contributed by atoms with van der Waals surface area (Å²) in [6.45, 7) is 2.01. The van der Waals surface area contributed by atoms with Crippen molar-refractivity contribution in [1.82, 2.24) is 0 Å². The number of anilines is 1. The van der Waals surface area contributed by atoms with Gasteiger partial charge in [0.05, 0.1) is 5.92 Å². The summed E-state index contributed by atoms with van der Waals surface area (Å²) in [7, 11) is 4.01. The number of aryl methyl sites for hydroxylation is 1. The van der Waals surface area contributed by atoms with Crippen molar-refractivity contribution in [3.63, 3.8) is 0 Å². The Morgan fingerprint density at radius 1 is 1.10 bits per heavy atom. The Bertz CT molecular complexity index is 619. The number of hydrogen-bond acceptors (Lipinski definition) is 2. The molecule has 0 spiro atoms. The molecule has 0 saturated carbocycles. The summed E-state index contributed by atoms with van der Waals surface area (Å²) in [5.74, 6) is -0.293. The minimum absolute atomic E-state index is 0.293. The van der Waals surface area contributed by atoms with Crippen LogP contribution in [0.1, 0.15) is 22.6 Å². The smallest absolute Gasteiger partial charge is 0.229 e. The first-order valence-corrected chi connectivity index (χ1v) is 7.38. The van der Waals surface area contributed by atoms with Crippen molar-refractivity contribution in [3.8, 4) is 0 Å². The van der Waals surface area contributed by atoms with Gasteiger partial charge in [0.25, 0.3) is 0 Å². The highest BCUT2D eigenvalue weighted by molar-refractivity contribution is 6.64. The van der Waals surface area contributed by atoms with Crippen LogP contribution >= 0.6 is 11.6 Å². The second-order valence-electron chi connectivity index (χ2n) is 5.48. The standard InChI is InChI=1S/C18H20ClNO/c1-13-6-4-5-7-16(13)17(18(19)21)12-14-8-10-15(11-9-14)20(2)3/h4-11,17H,12H2,1-3H3. The maximum atomic E-state index is 11.8. The first kappa shape index (κ1) is 15.6. The molecule has 2 aromatic carbocycles. The molecule has 21 heavy (non-hydrogen) atoms. The highest BCUT2D eigenvalue weighted by Crippen LogP contribution is 2.27. The summed E-state index contributed by atoms with van der Waals surface area (Å²) in [6, 6.07) is 16.1. The van der Waals surface area contributed by atoms with Gasteiger partial charge in [-0.2, -0.15) is 0 Å². The molecular weight excluding hydrogens is 282 g/mol. The van der Waals surface area contributed by atoms with Gasteiger partial charge in [0.1, 0.15) is 0 Å². The van der Waals surface area contributed by atoms with Crippen molar-refractivity contribution in [3.05, 3.63) is 65.2 Å². The van der Waals surface area contributed by atoms with Crippen LogP contribution < -0.4 is 4.90 Å². The van der Waals surface area contributed by atoms with E-state index in [2.05, 4.69) is 29.2 Å². The number of benzene rings is 2. The Hall–Kier alpha value is -1.80. The lowest BCUT2D eigenvalue weighted by atomic mass is 9.90. The molecule has 0 fully saturated rings. The first-order chi connectivity index (χ1) is 9.99. The zero-order chi connectivity index (χ0) is 15.4. The van der Waals surface area contributed by atoms with E-state index in [0.717, 1.165) is 22.4 Å². The lowest BCUT2D eigenvalue weighted by Crippen LogP contribution is -2.12. The summed E-state index contributed by atoms with van der Waals surface area (Å²) < 4.78 is 0. The molecule has 0 saturated heterocycles. The average Bonchev–Trinajstić information content (AvgIpc) is 2.46. The van der Waals surface area contributed by atoms with Crippen molar-refractivity contribution in [2.75, 3.05) is 19.0 Å². The SMILES string of the molecule is Cc1ccccc1C(Cc1ccc(N(C)C)cc1)C(=O)Cl. The van der Waals surface area contributed by atoms with E-state index < -0.39 is 0 Å². The average molecular weight is 302 g/mol. The molecule has 0 aliphatic heterocycles. The number of nitrogens with zero attached hydrogens (tertiary/aromatic N) is 1. The molecule has 0 radical (unpaired) electrons. The minimum Gasteiger partial charge on any atom is -0.378 e. The topological polar surface area (TPSA) is 20.3 Å². The summed E-state index contributed by atoms with van der Waals surface area (Å²) >= 11 is 5.83. The van der Waals surface area contributed by atoms with Gasteiger partial charge in [0.15, 0.2) is 0 Å². The highest BCUT2D eigenvalue weighted by Gasteiger charge is 2.20. The molecule has 1 atom stereocenters. The van der Waals surface area contributed by atoms with Gasteiger partial charge in [0.2, 0.25) is 5.24 Å². The zero-order valence-electron chi connectivity index (χ0n) is 12.6. The Labute approximate surface area is 131 Å². The molecule has 0 aromatic heterocycles. The molecule has 2 rings (SSSR count). The second-order valence-corrected chi connectivity index (χ2v) is 5.85. The van der Waals surface area contributed by atoms with Crippen molar-refractivity contribution in [1.29, 1.82) is 0 Å². The van der Waals surface area contributed by atoms with Crippen LogP contribution in [0.15, 0.2) is 48.5 Å². The molecule has 0 bridgehead atoms. The third-order valence-corrected chi connectivity index (χ3v) is 3.99. The Balaban J connectivity index is 2.25. The van der Waals surface area contributed by atoms with E-state index >= 15 is 0 Å². The zero-order valence-corrected chi connectivity index (χ0v) is 13.4. The monoisotopic (exact) mass is 301 g/mol. The normalized spacial score (nSPS) is 12.0. The molecule has 0 N–H and O–H groups in total. The van der Waals surface area contributed by atoms with Gasteiger partial charge >= 0.3 is 0 Å². The maximum absolute atomic E-state index is 11.8. The van der Waals surface area contributed by atoms with Gasteiger partial charge in [-0.1, -0.05) is 36.4 Å². The third-order valence-electron chi connectivity index (χ3n) is 3.73. The molecule has 0 aliphatic carbocycles.